The van der Waals surface area contributed by atoms with Gasteiger partial charge in [-0.1, -0.05) is 32.0 Å². The van der Waals surface area contributed by atoms with E-state index in [0.29, 0.717) is 12.5 Å². The molecule has 150 valence electrons. The molecule has 6 nitrogen and oxygen atoms in total. The van der Waals surface area contributed by atoms with Crippen LogP contribution in [0.2, 0.25) is 0 Å². The van der Waals surface area contributed by atoms with E-state index >= 15 is 0 Å². The number of ether oxygens (including phenoxy) is 1. The Kier molecular flexibility index (Phi) is 6.17. The van der Waals surface area contributed by atoms with Crippen molar-refractivity contribution in [3.63, 3.8) is 0 Å². The highest BCUT2D eigenvalue weighted by Crippen LogP contribution is 2.26. The van der Waals surface area contributed by atoms with Gasteiger partial charge in [0.2, 0.25) is 0 Å². The Balaban J connectivity index is 1.60. The molecule has 28 heavy (non-hydrogen) atoms. The van der Waals surface area contributed by atoms with Crippen molar-refractivity contribution >= 4 is 17.6 Å². The zero-order chi connectivity index (χ0) is 20.3. The first-order valence-corrected chi connectivity index (χ1v) is 9.93. The van der Waals surface area contributed by atoms with Gasteiger partial charge in [-0.05, 0) is 44.2 Å². The van der Waals surface area contributed by atoms with Crippen LogP contribution in [0.15, 0.2) is 24.3 Å². The van der Waals surface area contributed by atoms with E-state index in [-0.39, 0.29) is 18.9 Å². The predicted molar refractivity (Wildman–Crippen MR) is 108 cm³/mol. The van der Waals surface area contributed by atoms with Crippen molar-refractivity contribution in [1.29, 1.82) is 0 Å². The summed E-state index contributed by atoms with van der Waals surface area (Å²) < 4.78 is 7.25. The molecule has 2 heterocycles. The maximum Gasteiger partial charge on any atom is 0.310 e. The van der Waals surface area contributed by atoms with Crippen LogP contribution in [0.4, 0.5) is 5.69 Å². The molecule has 0 radical (unpaired) electrons. The van der Waals surface area contributed by atoms with E-state index in [1.54, 1.807) is 4.90 Å². The molecular formula is C22H29N3O3. The Labute approximate surface area is 166 Å². The summed E-state index contributed by atoms with van der Waals surface area (Å²) in [7, 11) is 0. The number of esters is 1. The first kappa shape index (κ1) is 20.1. The summed E-state index contributed by atoms with van der Waals surface area (Å²) in [5.74, 6) is -0.0961. The standard InChI is InChI=1S/C22H29N3O3/c1-15(2)13-25-17(4)19(16(3)23-25)12-22(27)28-14-21(26)24-11-7-9-18-8-5-6-10-20(18)24/h5-6,8,10,15H,7,9,11-14H2,1-4H3. The van der Waals surface area contributed by atoms with Crippen LogP contribution >= 0.6 is 0 Å². The van der Waals surface area contributed by atoms with Crippen LogP contribution in [-0.4, -0.2) is 34.8 Å². The molecule has 0 saturated heterocycles. The summed E-state index contributed by atoms with van der Waals surface area (Å²) in [6.07, 6.45) is 2.03. The lowest BCUT2D eigenvalue weighted by molar-refractivity contribution is -0.147. The molecule has 0 spiro atoms. The van der Waals surface area contributed by atoms with Gasteiger partial charge in [0.05, 0.1) is 12.1 Å². The second-order valence-corrected chi connectivity index (χ2v) is 7.84. The summed E-state index contributed by atoms with van der Waals surface area (Å²) in [5, 5.41) is 4.53. The molecule has 0 fully saturated rings. The van der Waals surface area contributed by atoms with Crippen LogP contribution in [-0.2, 0) is 33.7 Å². The highest BCUT2D eigenvalue weighted by Gasteiger charge is 2.23. The minimum absolute atomic E-state index is 0.139. The highest BCUT2D eigenvalue weighted by molar-refractivity contribution is 5.96. The molecule has 1 amide bonds. The molecule has 1 aromatic carbocycles. The maximum absolute atomic E-state index is 12.6. The number of para-hydroxylation sites is 1. The second-order valence-electron chi connectivity index (χ2n) is 7.84. The molecular weight excluding hydrogens is 354 g/mol. The molecule has 0 saturated carbocycles. The zero-order valence-electron chi connectivity index (χ0n) is 17.2. The minimum Gasteiger partial charge on any atom is -0.455 e. The topological polar surface area (TPSA) is 64.4 Å². The third-order valence-electron chi connectivity index (χ3n) is 5.16. The lowest BCUT2D eigenvalue weighted by atomic mass is 10.0. The van der Waals surface area contributed by atoms with Crippen molar-refractivity contribution in [2.24, 2.45) is 5.92 Å². The average molecular weight is 383 g/mol. The van der Waals surface area contributed by atoms with E-state index in [9.17, 15) is 9.59 Å². The van der Waals surface area contributed by atoms with Crippen LogP contribution in [0.25, 0.3) is 0 Å². The van der Waals surface area contributed by atoms with E-state index in [2.05, 4.69) is 18.9 Å². The van der Waals surface area contributed by atoms with Gasteiger partial charge in [-0.2, -0.15) is 5.10 Å². The van der Waals surface area contributed by atoms with Gasteiger partial charge in [-0.15, -0.1) is 0 Å². The molecule has 2 aromatic rings. The van der Waals surface area contributed by atoms with E-state index in [1.807, 2.05) is 42.8 Å². The monoisotopic (exact) mass is 383 g/mol. The van der Waals surface area contributed by atoms with E-state index in [1.165, 1.54) is 0 Å². The molecule has 0 aliphatic carbocycles. The van der Waals surface area contributed by atoms with Crippen LogP contribution in [0.5, 0.6) is 0 Å². The lowest BCUT2D eigenvalue weighted by Crippen LogP contribution is -2.38. The SMILES string of the molecule is Cc1nn(CC(C)C)c(C)c1CC(=O)OCC(=O)N1CCCc2ccccc21. The van der Waals surface area contributed by atoms with Crippen molar-refractivity contribution in [2.45, 2.75) is 53.5 Å². The Bertz CT molecular complexity index is 870. The normalized spacial score (nSPS) is 13.5. The van der Waals surface area contributed by atoms with Crippen LogP contribution in [0.1, 0.15) is 42.8 Å². The fourth-order valence-electron chi connectivity index (χ4n) is 3.72. The molecule has 0 N–H and O–H groups in total. The van der Waals surface area contributed by atoms with Crippen LogP contribution in [0.3, 0.4) is 0 Å². The van der Waals surface area contributed by atoms with Gasteiger partial charge in [-0.3, -0.25) is 14.3 Å². The van der Waals surface area contributed by atoms with Gasteiger partial charge in [0, 0.05) is 30.0 Å². The van der Waals surface area contributed by atoms with Crippen molar-refractivity contribution in [3.8, 4) is 0 Å². The number of nitrogens with zero attached hydrogens (tertiary/aromatic N) is 3. The van der Waals surface area contributed by atoms with Gasteiger partial charge >= 0.3 is 5.97 Å². The van der Waals surface area contributed by atoms with Crippen LogP contribution in [0, 0.1) is 19.8 Å². The molecule has 0 bridgehead atoms. The number of aryl methyl sites for hydroxylation is 2. The third-order valence-corrected chi connectivity index (χ3v) is 5.16. The van der Waals surface area contributed by atoms with Crippen LogP contribution < -0.4 is 4.90 Å². The number of hydrogen-bond donors (Lipinski definition) is 0. The Morgan fingerprint density at radius 1 is 1.21 bits per heavy atom. The molecule has 6 heteroatoms. The molecule has 0 unspecified atom stereocenters. The Morgan fingerprint density at radius 2 is 1.96 bits per heavy atom. The first-order valence-electron chi connectivity index (χ1n) is 9.93. The average Bonchev–Trinajstić information content (AvgIpc) is 2.92. The number of carbonyl (C=O) groups excluding carboxylic acids is 2. The largest absolute Gasteiger partial charge is 0.455 e. The van der Waals surface area contributed by atoms with Crippen molar-refractivity contribution in [1.82, 2.24) is 9.78 Å². The lowest BCUT2D eigenvalue weighted by Gasteiger charge is -2.29. The van der Waals surface area contributed by atoms with Gasteiger partial charge in [0.15, 0.2) is 6.61 Å². The van der Waals surface area contributed by atoms with Crippen molar-refractivity contribution in [3.05, 3.63) is 46.8 Å². The Hall–Kier alpha value is -2.63. The van der Waals surface area contributed by atoms with E-state index in [4.69, 9.17) is 4.74 Å². The van der Waals surface area contributed by atoms with Gasteiger partial charge in [-0.25, -0.2) is 0 Å². The van der Waals surface area contributed by atoms with E-state index < -0.39 is 5.97 Å². The fraction of sp³-hybridized carbons (Fsp3) is 0.500. The van der Waals surface area contributed by atoms with E-state index in [0.717, 1.165) is 47.6 Å². The number of amides is 1. The first-order chi connectivity index (χ1) is 13.4. The summed E-state index contributed by atoms with van der Waals surface area (Å²) in [4.78, 5) is 26.7. The maximum atomic E-state index is 12.6. The molecule has 1 aromatic heterocycles. The van der Waals surface area contributed by atoms with Gasteiger partial charge in [0.1, 0.15) is 0 Å². The smallest absolute Gasteiger partial charge is 0.310 e. The number of rotatable bonds is 6. The van der Waals surface area contributed by atoms with Gasteiger partial charge < -0.3 is 9.64 Å². The number of hydrogen-bond acceptors (Lipinski definition) is 4. The number of carbonyl (C=O) groups is 2. The summed E-state index contributed by atoms with van der Waals surface area (Å²) in [6.45, 7) is 9.39. The van der Waals surface area contributed by atoms with Gasteiger partial charge in [0.25, 0.3) is 5.91 Å². The minimum atomic E-state index is -0.394. The summed E-state index contributed by atoms with van der Waals surface area (Å²) in [5.41, 5.74) is 4.81. The quantitative estimate of drug-likeness (QED) is 0.719. The fourth-order valence-corrected chi connectivity index (χ4v) is 3.72. The number of anilines is 1. The summed E-state index contributed by atoms with van der Waals surface area (Å²) in [6, 6.07) is 7.90. The highest BCUT2D eigenvalue weighted by atomic mass is 16.5. The zero-order valence-corrected chi connectivity index (χ0v) is 17.2. The molecule has 1 aliphatic heterocycles. The number of benzene rings is 1. The predicted octanol–water partition coefficient (Wildman–Crippen LogP) is 3.22. The molecule has 1 aliphatic rings. The number of fused-ring (bicyclic) bond motifs is 1. The molecule has 0 atom stereocenters. The second kappa shape index (κ2) is 8.59. The third kappa shape index (κ3) is 4.43. The Morgan fingerprint density at radius 3 is 2.71 bits per heavy atom. The number of aromatic nitrogens is 2. The van der Waals surface area contributed by atoms with Crippen molar-refractivity contribution < 1.29 is 14.3 Å². The van der Waals surface area contributed by atoms with Crippen molar-refractivity contribution in [2.75, 3.05) is 18.1 Å². The summed E-state index contributed by atoms with van der Waals surface area (Å²) >= 11 is 0. The molecule has 3 rings (SSSR count).